The first-order chi connectivity index (χ1) is 13.9. The fourth-order valence-corrected chi connectivity index (χ4v) is 4.61. The number of fused-ring (bicyclic) bond motifs is 1. The number of aliphatic hydroxyl groups excluding tert-OH is 1. The molecule has 5 unspecified atom stereocenters. The molecule has 1 aromatic carbocycles. The second kappa shape index (κ2) is 10.4. The summed E-state index contributed by atoms with van der Waals surface area (Å²) in [4.78, 5) is 12.9. The lowest BCUT2D eigenvalue weighted by molar-refractivity contribution is -0.123. The quantitative estimate of drug-likeness (QED) is 0.528. The number of hydrogen-bond donors (Lipinski definition) is 3. The summed E-state index contributed by atoms with van der Waals surface area (Å²) in [6.07, 6.45) is 2.66. The molecule has 2 aliphatic rings. The zero-order chi connectivity index (χ0) is 20.8. The molecule has 1 amide bonds. The molecule has 2 fully saturated rings. The van der Waals surface area contributed by atoms with Crippen LogP contribution in [0.1, 0.15) is 38.7 Å². The number of carbonyl (C=O) groups is 1. The van der Waals surface area contributed by atoms with Gasteiger partial charge in [0.15, 0.2) is 0 Å². The predicted molar refractivity (Wildman–Crippen MR) is 116 cm³/mol. The topological polar surface area (TPSA) is 70.6 Å². The summed E-state index contributed by atoms with van der Waals surface area (Å²) >= 11 is 0. The summed E-state index contributed by atoms with van der Waals surface area (Å²) in [6, 6.07) is 9.69. The maximum Gasteiger partial charge on any atom is 0.220 e. The van der Waals surface area contributed by atoms with Gasteiger partial charge in [0.25, 0.3) is 0 Å². The molecule has 1 heterocycles. The maximum atomic E-state index is 12.9. The van der Waals surface area contributed by atoms with Gasteiger partial charge in [-0.1, -0.05) is 56.3 Å². The predicted octanol–water partition coefficient (Wildman–Crippen LogP) is 2.69. The number of nitrogens with one attached hydrogen (secondary N) is 2. The van der Waals surface area contributed by atoms with Crippen molar-refractivity contribution in [3.05, 3.63) is 48.0 Å². The van der Waals surface area contributed by atoms with E-state index in [1.807, 2.05) is 30.3 Å². The Bertz CT molecular complexity index is 676. The molecular weight excluding hydrogens is 364 g/mol. The number of ether oxygens (including phenoxy) is 1. The summed E-state index contributed by atoms with van der Waals surface area (Å²) in [6.45, 7) is 10.4. The van der Waals surface area contributed by atoms with E-state index in [1.54, 1.807) is 0 Å². The lowest BCUT2D eigenvalue weighted by Crippen LogP contribution is -2.49. The largest absolute Gasteiger partial charge is 0.390 e. The average molecular weight is 401 g/mol. The second-order valence-corrected chi connectivity index (χ2v) is 9.04. The van der Waals surface area contributed by atoms with Crippen LogP contribution in [0, 0.1) is 17.8 Å². The standard InChI is InChI=1S/C24H36N2O3/c1-16(2)13-25-14-21(27)20(11-18-7-5-4-6-8-18)26-23(28)12-19-15-29-22-10-9-17(3)24(19)22/h4-8,16,19-22,24-25,27H,3,9-15H2,1-2H3,(H,26,28). The average Bonchev–Trinajstić information content (AvgIpc) is 3.25. The third-order valence-corrected chi connectivity index (χ3v) is 6.12. The van der Waals surface area contributed by atoms with Crippen molar-refractivity contribution in [1.29, 1.82) is 0 Å². The van der Waals surface area contributed by atoms with Crippen LogP contribution in [0.15, 0.2) is 42.5 Å². The molecule has 1 saturated heterocycles. The maximum absolute atomic E-state index is 12.9. The van der Waals surface area contributed by atoms with E-state index < -0.39 is 6.10 Å². The van der Waals surface area contributed by atoms with Crippen LogP contribution in [-0.2, 0) is 16.0 Å². The van der Waals surface area contributed by atoms with Crippen LogP contribution < -0.4 is 10.6 Å². The van der Waals surface area contributed by atoms with Gasteiger partial charge < -0.3 is 20.5 Å². The Morgan fingerprint density at radius 3 is 2.76 bits per heavy atom. The molecule has 3 rings (SSSR count). The van der Waals surface area contributed by atoms with Crippen molar-refractivity contribution in [2.75, 3.05) is 19.7 Å². The van der Waals surface area contributed by atoms with Gasteiger partial charge in [0.05, 0.1) is 24.9 Å². The molecule has 0 aromatic heterocycles. The van der Waals surface area contributed by atoms with Gasteiger partial charge in [-0.15, -0.1) is 0 Å². The van der Waals surface area contributed by atoms with E-state index in [0.29, 0.717) is 37.8 Å². The summed E-state index contributed by atoms with van der Waals surface area (Å²) in [5, 5.41) is 17.2. The molecule has 5 atom stereocenters. The molecule has 29 heavy (non-hydrogen) atoms. The van der Waals surface area contributed by atoms with Crippen LogP contribution >= 0.6 is 0 Å². The first kappa shape index (κ1) is 22.0. The highest BCUT2D eigenvalue weighted by molar-refractivity contribution is 5.76. The van der Waals surface area contributed by atoms with Crippen molar-refractivity contribution >= 4 is 5.91 Å². The summed E-state index contributed by atoms with van der Waals surface area (Å²) in [5.41, 5.74) is 2.33. The Morgan fingerprint density at radius 2 is 2.03 bits per heavy atom. The smallest absolute Gasteiger partial charge is 0.220 e. The minimum absolute atomic E-state index is 0.0113. The first-order valence-electron chi connectivity index (χ1n) is 11.0. The summed E-state index contributed by atoms with van der Waals surface area (Å²) in [5.74, 6) is 1.01. The number of benzene rings is 1. The Balaban J connectivity index is 1.59. The number of rotatable bonds is 10. The molecule has 3 N–H and O–H groups in total. The molecule has 1 aliphatic carbocycles. The Kier molecular flexibility index (Phi) is 7.87. The fraction of sp³-hybridized carbons (Fsp3) is 0.625. The van der Waals surface area contributed by atoms with E-state index in [1.165, 1.54) is 5.57 Å². The van der Waals surface area contributed by atoms with Crippen molar-refractivity contribution in [2.24, 2.45) is 17.8 Å². The third kappa shape index (κ3) is 6.14. The highest BCUT2D eigenvalue weighted by Crippen LogP contribution is 2.43. The molecule has 0 spiro atoms. The van der Waals surface area contributed by atoms with Crippen LogP contribution in [0.2, 0.25) is 0 Å². The van der Waals surface area contributed by atoms with Crippen LogP contribution in [0.4, 0.5) is 0 Å². The number of aliphatic hydroxyl groups is 1. The van der Waals surface area contributed by atoms with Crippen LogP contribution in [0.25, 0.3) is 0 Å². The van der Waals surface area contributed by atoms with Crippen molar-refractivity contribution in [3.8, 4) is 0 Å². The van der Waals surface area contributed by atoms with Crippen molar-refractivity contribution in [2.45, 2.75) is 57.8 Å². The van der Waals surface area contributed by atoms with E-state index in [4.69, 9.17) is 4.74 Å². The molecule has 1 aromatic rings. The molecule has 1 aliphatic heterocycles. The van der Waals surface area contributed by atoms with Crippen LogP contribution in [-0.4, -0.2) is 49.0 Å². The monoisotopic (exact) mass is 400 g/mol. The highest BCUT2D eigenvalue weighted by Gasteiger charge is 2.43. The lowest BCUT2D eigenvalue weighted by atomic mass is 9.87. The van der Waals surface area contributed by atoms with Gasteiger partial charge in [-0.25, -0.2) is 0 Å². The van der Waals surface area contributed by atoms with E-state index in [-0.39, 0.29) is 24.0 Å². The molecule has 5 nitrogen and oxygen atoms in total. The van der Waals surface area contributed by atoms with E-state index >= 15 is 0 Å². The zero-order valence-corrected chi connectivity index (χ0v) is 17.8. The van der Waals surface area contributed by atoms with Gasteiger partial charge in [0.1, 0.15) is 0 Å². The molecular formula is C24H36N2O3. The Morgan fingerprint density at radius 1 is 1.28 bits per heavy atom. The number of amides is 1. The third-order valence-electron chi connectivity index (χ3n) is 6.12. The van der Waals surface area contributed by atoms with Crippen molar-refractivity contribution < 1.29 is 14.6 Å². The van der Waals surface area contributed by atoms with Gasteiger partial charge >= 0.3 is 0 Å². The lowest BCUT2D eigenvalue weighted by Gasteiger charge is -2.26. The highest BCUT2D eigenvalue weighted by atomic mass is 16.5. The molecule has 0 bridgehead atoms. The molecule has 5 heteroatoms. The Labute approximate surface area is 174 Å². The SMILES string of the molecule is C=C1CCC2OCC(CC(=O)NC(Cc3ccccc3)C(O)CNCC(C)C)C12. The van der Waals surface area contributed by atoms with E-state index in [0.717, 1.165) is 24.9 Å². The molecule has 0 radical (unpaired) electrons. The Hall–Kier alpha value is -1.69. The van der Waals surface area contributed by atoms with Gasteiger partial charge in [0, 0.05) is 18.9 Å². The van der Waals surface area contributed by atoms with Gasteiger partial charge in [-0.3, -0.25) is 4.79 Å². The summed E-state index contributed by atoms with van der Waals surface area (Å²) in [7, 11) is 0. The fourth-order valence-electron chi connectivity index (χ4n) is 4.61. The van der Waals surface area contributed by atoms with Crippen molar-refractivity contribution in [3.63, 3.8) is 0 Å². The second-order valence-electron chi connectivity index (χ2n) is 9.04. The number of hydrogen-bond acceptors (Lipinski definition) is 4. The van der Waals surface area contributed by atoms with E-state index in [9.17, 15) is 9.90 Å². The molecule has 1 saturated carbocycles. The normalized spacial score (nSPS) is 25.8. The zero-order valence-electron chi connectivity index (χ0n) is 17.8. The van der Waals surface area contributed by atoms with Gasteiger partial charge in [-0.2, -0.15) is 0 Å². The minimum Gasteiger partial charge on any atom is -0.390 e. The van der Waals surface area contributed by atoms with Crippen LogP contribution in [0.5, 0.6) is 0 Å². The van der Waals surface area contributed by atoms with E-state index in [2.05, 4.69) is 31.1 Å². The van der Waals surface area contributed by atoms with Gasteiger partial charge in [-0.05, 0) is 43.2 Å². The summed E-state index contributed by atoms with van der Waals surface area (Å²) < 4.78 is 5.88. The number of carbonyl (C=O) groups excluding carboxylic acids is 1. The van der Waals surface area contributed by atoms with Gasteiger partial charge in [0.2, 0.25) is 5.91 Å². The van der Waals surface area contributed by atoms with Crippen LogP contribution in [0.3, 0.4) is 0 Å². The first-order valence-corrected chi connectivity index (χ1v) is 11.0. The van der Waals surface area contributed by atoms with Crippen molar-refractivity contribution in [1.82, 2.24) is 10.6 Å². The molecule has 160 valence electrons. The minimum atomic E-state index is -0.646.